The standard InChI is InChI=1S/C30H35NO8/c1-17(2)14-22(31-29(34)39-30(4,5)6)28(33)38-20-9-10-21-24(16-20)37-18(3)26(27(21)32)19-8-11-23-25(15-19)36-13-7-12-35-23/h8-11,15-17,22H,7,12-14H2,1-6H3,(H,31,34). The van der Waals surface area contributed by atoms with Crippen molar-refractivity contribution >= 4 is 23.0 Å². The Bertz CT molecular complexity index is 1430. The molecular weight excluding hydrogens is 502 g/mol. The molecular formula is C30H35NO8. The van der Waals surface area contributed by atoms with E-state index < -0.39 is 23.7 Å². The lowest BCUT2D eigenvalue weighted by molar-refractivity contribution is -0.137. The number of fused-ring (bicyclic) bond motifs is 2. The third-order valence-corrected chi connectivity index (χ3v) is 5.98. The Balaban J connectivity index is 1.59. The minimum Gasteiger partial charge on any atom is -0.490 e. The molecule has 2 heterocycles. The van der Waals surface area contributed by atoms with Crippen LogP contribution in [-0.2, 0) is 9.53 Å². The van der Waals surface area contributed by atoms with Crippen molar-refractivity contribution in [2.24, 2.45) is 5.92 Å². The van der Waals surface area contributed by atoms with Gasteiger partial charge in [-0.05, 0) is 69.9 Å². The number of benzene rings is 2. The van der Waals surface area contributed by atoms with Crippen LogP contribution in [0.25, 0.3) is 22.1 Å². The molecule has 0 saturated carbocycles. The Kier molecular flexibility index (Phi) is 8.18. The SMILES string of the molecule is Cc1oc2cc(OC(=O)C(CC(C)C)NC(=O)OC(C)(C)C)ccc2c(=O)c1-c1ccc2c(c1)OCCCO2. The summed E-state index contributed by atoms with van der Waals surface area (Å²) in [5.41, 5.74) is 0.434. The number of carbonyl (C=O) groups excluding carboxylic acids is 2. The first-order chi connectivity index (χ1) is 18.4. The third kappa shape index (κ3) is 6.90. The fraction of sp³-hybridized carbons (Fsp3) is 0.433. The zero-order chi connectivity index (χ0) is 28.3. The fourth-order valence-corrected chi connectivity index (χ4v) is 4.32. The molecule has 1 atom stereocenters. The zero-order valence-electron chi connectivity index (χ0n) is 23.2. The van der Waals surface area contributed by atoms with Crippen molar-refractivity contribution in [3.05, 3.63) is 52.4 Å². The van der Waals surface area contributed by atoms with Gasteiger partial charge < -0.3 is 28.7 Å². The van der Waals surface area contributed by atoms with Gasteiger partial charge in [0.05, 0.1) is 24.2 Å². The number of rotatable bonds is 6. The molecule has 0 radical (unpaired) electrons. The van der Waals surface area contributed by atoms with Gasteiger partial charge in [0.1, 0.15) is 28.7 Å². The molecule has 9 heteroatoms. The summed E-state index contributed by atoms with van der Waals surface area (Å²) in [7, 11) is 0. The van der Waals surface area contributed by atoms with E-state index in [1.165, 1.54) is 12.1 Å². The molecule has 0 fully saturated rings. The number of esters is 1. The number of ether oxygens (including phenoxy) is 4. The molecule has 9 nitrogen and oxygen atoms in total. The van der Waals surface area contributed by atoms with Gasteiger partial charge in [-0.3, -0.25) is 4.79 Å². The summed E-state index contributed by atoms with van der Waals surface area (Å²) in [6.45, 7) is 11.9. The van der Waals surface area contributed by atoms with Gasteiger partial charge in [0, 0.05) is 12.5 Å². The molecule has 39 heavy (non-hydrogen) atoms. The predicted octanol–water partition coefficient (Wildman–Crippen LogP) is 5.77. The van der Waals surface area contributed by atoms with Crippen LogP contribution < -0.4 is 25.0 Å². The zero-order valence-corrected chi connectivity index (χ0v) is 23.2. The normalized spacial score (nSPS) is 14.0. The summed E-state index contributed by atoms with van der Waals surface area (Å²) >= 11 is 0. The summed E-state index contributed by atoms with van der Waals surface area (Å²) in [6.07, 6.45) is 0.440. The molecule has 0 saturated heterocycles. The molecule has 2 aromatic carbocycles. The monoisotopic (exact) mass is 537 g/mol. The van der Waals surface area contributed by atoms with Crippen LogP contribution in [0, 0.1) is 12.8 Å². The van der Waals surface area contributed by atoms with E-state index in [1.807, 2.05) is 13.8 Å². The van der Waals surface area contributed by atoms with Crippen molar-refractivity contribution in [3.8, 4) is 28.4 Å². The second kappa shape index (κ2) is 11.4. The van der Waals surface area contributed by atoms with E-state index in [-0.39, 0.29) is 22.7 Å². The van der Waals surface area contributed by atoms with Crippen molar-refractivity contribution in [2.45, 2.75) is 66.0 Å². The highest BCUT2D eigenvalue weighted by Gasteiger charge is 2.27. The second-order valence-electron chi connectivity index (χ2n) is 11.0. The van der Waals surface area contributed by atoms with Gasteiger partial charge >= 0.3 is 12.1 Å². The lowest BCUT2D eigenvalue weighted by Gasteiger charge is -2.23. The van der Waals surface area contributed by atoms with Crippen LogP contribution >= 0.6 is 0 Å². The molecule has 1 amide bonds. The molecule has 1 N–H and O–H groups in total. The van der Waals surface area contributed by atoms with Crippen molar-refractivity contribution < 1.29 is 33.0 Å². The molecule has 1 aliphatic rings. The van der Waals surface area contributed by atoms with Crippen molar-refractivity contribution in [1.29, 1.82) is 0 Å². The third-order valence-electron chi connectivity index (χ3n) is 5.98. The summed E-state index contributed by atoms with van der Waals surface area (Å²) in [6, 6.07) is 9.07. The first-order valence-corrected chi connectivity index (χ1v) is 13.1. The van der Waals surface area contributed by atoms with E-state index in [1.54, 1.807) is 52.0 Å². The summed E-state index contributed by atoms with van der Waals surface area (Å²) < 4.78 is 28.4. The van der Waals surface area contributed by atoms with Gasteiger partial charge in [-0.1, -0.05) is 19.9 Å². The van der Waals surface area contributed by atoms with E-state index in [0.717, 1.165) is 6.42 Å². The van der Waals surface area contributed by atoms with Crippen LogP contribution in [-0.4, -0.2) is 36.9 Å². The highest BCUT2D eigenvalue weighted by molar-refractivity contribution is 5.86. The maximum atomic E-state index is 13.5. The largest absolute Gasteiger partial charge is 0.490 e. The lowest BCUT2D eigenvalue weighted by Crippen LogP contribution is -2.45. The molecule has 1 aliphatic heterocycles. The van der Waals surface area contributed by atoms with Gasteiger partial charge in [-0.25, -0.2) is 9.59 Å². The van der Waals surface area contributed by atoms with E-state index in [2.05, 4.69) is 5.32 Å². The Morgan fingerprint density at radius 3 is 2.44 bits per heavy atom. The highest BCUT2D eigenvalue weighted by atomic mass is 16.6. The lowest BCUT2D eigenvalue weighted by atomic mass is 10.0. The average Bonchev–Trinajstić information content (AvgIpc) is 3.07. The van der Waals surface area contributed by atoms with Crippen LogP contribution in [0.15, 0.2) is 45.6 Å². The Morgan fingerprint density at radius 1 is 1.03 bits per heavy atom. The van der Waals surface area contributed by atoms with Crippen LogP contribution in [0.3, 0.4) is 0 Å². The van der Waals surface area contributed by atoms with E-state index in [0.29, 0.717) is 53.4 Å². The fourth-order valence-electron chi connectivity index (χ4n) is 4.32. The average molecular weight is 538 g/mol. The van der Waals surface area contributed by atoms with Crippen molar-refractivity contribution in [1.82, 2.24) is 5.32 Å². The van der Waals surface area contributed by atoms with Crippen molar-refractivity contribution in [3.63, 3.8) is 0 Å². The molecule has 4 rings (SSSR count). The molecule has 1 unspecified atom stereocenters. The number of hydrogen-bond donors (Lipinski definition) is 1. The van der Waals surface area contributed by atoms with Crippen LogP contribution in [0.1, 0.15) is 53.2 Å². The molecule has 208 valence electrons. The van der Waals surface area contributed by atoms with Crippen LogP contribution in [0.5, 0.6) is 17.2 Å². The number of aryl methyl sites for hydroxylation is 1. The minimum atomic E-state index is -0.911. The minimum absolute atomic E-state index is 0.109. The summed E-state index contributed by atoms with van der Waals surface area (Å²) in [4.78, 5) is 38.8. The second-order valence-corrected chi connectivity index (χ2v) is 11.0. The molecule has 0 aliphatic carbocycles. The quantitative estimate of drug-likeness (QED) is 0.311. The number of carbonyl (C=O) groups is 2. The maximum absolute atomic E-state index is 13.5. The van der Waals surface area contributed by atoms with Gasteiger partial charge in [0.15, 0.2) is 11.5 Å². The molecule has 0 spiro atoms. The van der Waals surface area contributed by atoms with Crippen LogP contribution in [0.4, 0.5) is 4.79 Å². The predicted molar refractivity (Wildman–Crippen MR) is 147 cm³/mol. The van der Waals surface area contributed by atoms with Gasteiger partial charge in [-0.15, -0.1) is 0 Å². The highest BCUT2D eigenvalue weighted by Crippen LogP contribution is 2.35. The Labute approximate surface area is 227 Å². The number of alkyl carbamates (subject to hydrolysis) is 1. The molecule has 0 bridgehead atoms. The number of nitrogens with one attached hydrogen (secondary N) is 1. The Hall–Kier alpha value is -4.01. The van der Waals surface area contributed by atoms with Crippen LogP contribution in [0.2, 0.25) is 0 Å². The smallest absolute Gasteiger partial charge is 0.408 e. The van der Waals surface area contributed by atoms with E-state index in [4.69, 9.17) is 23.4 Å². The van der Waals surface area contributed by atoms with E-state index >= 15 is 0 Å². The van der Waals surface area contributed by atoms with E-state index in [9.17, 15) is 14.4 Å². The molecule has 1 aromatic heterocycles. The van der Waals surface area contributed by atoms with Gasteiger partial charge in [0.25, 0.3) is 0 Å². The topological polar surface area (TPSA) is 113 Å². The maximum Gasteiger partial charge on any atom is 0.408 e. The first-order valence-electron chi connectivity index (χ1n) is 13.1. The molecule has 3 aromatic rings. The number of hydrogen-bond acceptors (Lipinski definition) is 8. The first kappa shape index (κ1) is 28.0. The van der Waals surface area contributed by atoms with Gasteiger partial charge in [-0.2, -0.15) is 0 Å². The Morgan fingerprint density at radius 2 is 1.74 bits per heavy atom. The summed E-state index contributed by atoms with van der Waals surface area (Å²) in [5, 5.41) is 2.94. The number of amides is 1. The van der Waals surface area contributed by atoms with Crippen molar-refractivity contribution in [2.75, 3.05) is 13.2 Å². The summed E-state index contributed by atoms with van der Waals surface area (Å²) in [5.74, 6) is 1.30. The van der Waals surface area contributed by atoms with Gasteiger partial charge in [0.2, 0.25) is 5.43 Å².